The summed E-state index contributed by atoms with van der Waals surface area (Å²) in [6.45, 7) is 2.91. The molecule has 1 N–H and O–H groups in total. The second kappa shape index (κ2) is 4.62. The summed E-state index contributed by atoms with van der Waals surface area (Å²) in [4.78, 5) is 0.0606. The molecule has 1 aliphatic rings. The first-order valence-corrected chi connectivity index (χ1v) is 6.44. The molecule has 0 aliphatic carbocycles. The largest absolute Gasteiger partial charge is 0.461 e. The average Bonchev–Trinajstić information content (AvgIpc) is 2.80. The number of aryl methyl sites for hydroxylation is 1. The van der Waals surface area contributed by atoms with Crippen molar-refractivity contribution in [2.45, 2.75) is 11.8 Å². The van der Waals surface area contributed by atoms with Crippen molar-refractivity contribution >= 4 is 16.1 Å². The fourth-order valence-corrected chi connectivity index (χ4v) is 1.97. The third-order valence-corrected chi connectivity index (χ3v) is 3.27. The highest BCUT2D eigenvalue weighted by Crippen LogP contribution is 2.13. The zero-order valence-electron chi connectivity index (χ0n) is 9.21. The van der Waals surface area contributed by atoms with Gasteiger partial charge < -0.3 is 10.1 Å². The standard InChI is InChI=1S/C10H12N2O4S/c1-8-2-4-9(5-3-8)17(13,14)16-12-10-11-6-7-15-10/h2-5H,6-7H2,1H3,(H,11,12). The molecule has 0 bridgehead atoms. The molecule has 1 aliphatic heterocycles. The Hall–Kier alpha value is -1.76. The quantitative estimate of drug-likeness (QED) is 0.801. The van der Waals surface area contributed by atoms with Gasteiger partial charge in [-0.2, -0.15) is 8.42 Å². The van der Waals surface area contributed by atoms with Crippen LogP contribution in [0.5, 0.6) is 0 Å². The van der Waals surface area contributed by atoms with Crippen LogP contribution >= 0.6 is 0 Å². The maximum absolute atomic E-state index is 11.7. The van der Waals surface area contributed by atoms with Crippen molar-refractivity contribution in [3.63, 3.8) is 0 Å². The van der Waals surface area contributed by atoms with Crippen LogP contribution in [0, 0.1) is 6.92 Å². The van der Waals surface area contributed by atoms with E-state index in [4.69, 9.17) is 4.74 Å². The van der Waals surface area contributed by atoms with Gasteiger partial charge in [-0.15, -0.1) is 0 Å². The zero-order valence-corrected chi connectivity index (χ0v) is 10.0. The Morgan fingerprint density at radius 3 is 2.65 bits per heavy atom. The Morgan fingerprint density at radius 1 is 1.35 bits per heavy atom. The number of nitrogens with one attached hydrogen (secondary N) is 1. The first-order valence-electron chi connectivity index (χ1n) is 5.03. The molecular weight excluding hydrogens is 244 g/mol. The third-order valence-electron chi connectivity index (χ3n) is 2.15. The molecule has 7 heteroatoms. The third kappa shape index (κ3) is 2.88. The summed E-state index contributed by atoms with van der Waals surface area (Å²) in [6.07, 6.45) is 0. The first-order chi connectivity index (χ1) is 8.08. The minimum atomic E-state index is -3.87. The van der Waals surface area contributed by atoms with Crippen molar-refractivity contribution in [3.8, 4) is 0 Å². The van der Waals surface area contributed by atoms with Crippen LogP contribution < -0.4 is 5.32 Å². The van der Waals surface area contributed by atoms with Crippen LogP contribution in [0.2, 0.25) is 0 Å². The lowest BCUT2D eigenvalue weighted by Crippen LogP contribution is -2.16. The van der Waals surface area contributed by atoms with Gasteiger partial charge in [0.2, 0.25) is 0 Å². The maximum Gasteiger partial charge on any atom is 0.358 e. The molecule has 92 valence electrons. The van der Waals surface area contributed by atoms with E-state index >= 15 is 0 Å². The van der Waals surface area contributed by atoms with E-state index in [1.54, 1.807) is 12.1 Å². The molecule has 0 unspecified atom stereocenters. The fourth-order valence-electron chi connectivity index (χ4n) is 1.25. The Bertz CT molecular complexity index is 514. The van der Waals surface area contributed by atoms with Gasteiger partial charge in [-0.25, -0.2) is 0 Å². The Balaban J connectivity index is 2.13. The topological polar surface area (TPSA) is 77.0 Å². The van der Waals surface area contributed by atoms with Gasteiger partial charge >= 0.3 is 16.1 Å². The summed E-state index contributed by atoms with van der Waals surface area (Å²) in [5.41, 5.74) is 0.969. The fraction of sp³-hybridized carbons (Fsp3) is 0.300. The van der Waals surface area contributed by atoms with Crippen LogP contribution in [0.15, 0.2) is 34.3 Å². The molecule has 0 radical (unpaired) electrons. The Kier molecular flexibility index (Phi) is 3.19. The van der Waals surface area contributed by atoms with E-state index in [0.717, 1.165) is 5.56 Å². The smallest absolute Gasteiger partial charge is 0.358 e. The molecule has 17 heavy (non-hydrogen) atoms. The highest BCUT2D eigenvalue weighted by Gasteiger charge is 2.17. The van der Waals surface area contributed by atoms with Crippen LogP contribution in [0.1, 0.15) is 5.56 Å². The van der Waals surface area contributed by atoms with Crippen molar-refractivity contribution in [1.29, 1.82) is 0 Å². The highest BCUT2D eigenvalue weighted by atomic mass is 32.2. The number of oxime groups is 1. The minimum Gasteiger partial charge on any atom is -0.461 e. The number of hydrogen-bond acceptors (Lipinski definition) is 5. The van der Waals surface area contributed by atoms with Gasteiger partial charge in [-0.05, 0) is 24.2 Å². The number of benzene rings is 1. The molecule has 0 spiro atoms. The van der Waals surface area contributed by atoms with E-state index in [2.05, 4.69) is 14.8 Å². The molecule has 1 saturated heterocycles. The zero-order chi connectivity index (χ0) is 12.3. The van der Waals surface area contributed by atoms with Gasteiger partial charge in [0.15, 0.2) is 0 Å². The summed E-state index contributed by atoms with van der Waals surface area (Å²) in [7, 11) is -3.87. The predicted molar refractivity (Wildman–Crippen MR) is 60.8 cm³/mol. The summed E-state index contributed by atoms with van der Waals surface area (Å²) in [5, 5.41) is 6.12. The summed E-state index contributed by atoms with van der Waals surface area (Å²) in [6, 6.07) is 6.39. The van der Waals surface area contributed by atoms with Crippen molar-refractivity contribution in [1.82, 2.24) is 5.32 Å². The number of hydrogen-bond donors (Lipinski definition) is 1. The van der Waals surface area contributed by atoms with Gasteiger partial charge in [0.05, 0.1) is 6.54 Å². The molecule has 0 saturated carbocycles. The van der Waals surface area contributed by atoms with Crippen LogP contribution in [0.4, 0.5) is 0 Å². The Morgan fingerprint density at radius 2 is 2.06 bits per heavy atom. The maximum atomic E-state index is 11.7. The van der Waals surface area contributed by atoms with E-state index in [0.29, 0.717) is 13.2 Å². The Labute approximate surface area is 99.3 Å². The minimum absolute atomic E-state index is 0.0606. The van der Waals surface area contributed by atoms with Crippen LogP contribution in [-0.2, 0) is 19.1 Å². The number of rotatable bonds is 3. The van der Waals surface area contributed by atoms with E-state index in [9.17, 15) is 8.42 Å². The van der Waals surface area contributed by atoms with Crippen LogP contribution in [0.25, 0.3) is 0 Å². The first kappa shape index (κ1) is 11.7. The highest BCUT2D eigenvalue weighted by molar-refractivity contribution is 7.86. The second-order valence-electron chi connectivity index (χ2n) is 3.51. The molecule has 6 nitrogen and oxygen atoms in total. The molecule has 1 aromatic rings. The van der Waals surface area contributed by atoms with E-state index in [1.165, 1.54) is 12.1 Å². The SMILES string of the molecule is Cc1ccc(S(=O)(=O)ON=C2NCCO2)cc1. The predicted octanol–water partition coefficient (Wildman–Crippen LogP) is 0.591. The molecule has 1 fully saturated rings. The lowest BCUT2D eigenvalue weighted by Gasteiger charge is -2.02. The summed E-state index contributed by atoms with van der Waals surface area (Å²) < 4.78 is 32.8. The van der Waals surface area contributed by atoms with E-state index in [-0.39, 0.29) is 10.9 Å². The van der Waals surface area contributed by atoms with Gasteiger partial charge in [-0.3, -0.25) is 4.28 Å². The second-order valence-corrected chi connectivity index (χ2v) is 5.04. The van der Waals surface area contributed by atoms with E-state index in [1.807, 2.05) is 6.92 Å². The number of ether oxygens (including phenoxy) is 1. The van der Waals surface area contributed by atoms with Crippen LogP contribution in [0.3, 0.4) is 0 Å². The van der Waals surface area contributed by atoms with Crippen molar-refractivity contribution in [3.05, 3.63) is 29.8 Å². The van der Waals surface area contributed by atoms with Crippen molar-refractivity contribution in [2.24, 2.45) is 5.16 Å². The van der Waals surface area contributed by atoms with Gasteiger partial charge in [-0.1, -0.05) is 17.7 Å². The van der Waals surface area contributed by atoms with Gasteiger partial charge in [0.1, 0.15) is 11.5 Å². The lowest BCUT2D eigenvalue weighted by molar-refractivity contribution is 0.294. The molecule has 0 atom stereocenters. The summed E-state index contributed by atoms with van der Waals surface area (Å²) >= 11 is 0. The average molecular weight is 256 g/mol. The van der Waals surface area contributed by atoms with Gasteiger partial charge in [0.25, 0.3) is 0 Å². The molecule has 1 aromatic carbocycles. The lowest BCUT2D eigenvalue weighted by atomic mass is 10.2. The molecule has 0 aromatic heterocycles. The number of nitrogens with zero attached hydrogens (tertiary/aromatic N) is 1. The van der Waals surface area contributed by atoms with Gasteiger partial charge in [0, 0.05) is 0 Å². The van der Waals surface area contributed by atoms with Crippen molar-refractivity contribution in [2.75, 3.05) is 13.2 Å². The number of amidine groups is 1. The molecule has 0 amide bonds. The molecular formula is C10H12N2O4S. The monoisotopic (exact) mass is 256 g/mol. The van der Waals surface area contributed by atoms with Crippen LogP contribution in [-0.4, -0.2) is 27.6 Å². The molecule has 2 rings (SSSR count). The van der Waals surface area contributed by atoms with E-state index < -0.39 is 10.1 Å². The molecule has 1 heterocycles. The normalized spacial score (nSPS) is 17.6. The summed E-state index contributed by atoms with van der Waals surface area (Å²) in [5.74, 6) is 0. The van der Waals surface area contributed by atoms with Crippen molar-refractivity contribution < 1.29 is 17.4 Å².